The Morgan fingerprint density at radius 2 is 1.51 bits per heavy atom. The van der Waals surface area contributed by atoms with Crippen molar-refractivity contribution >= 4 is 69.1 Å². The van der Waals surface area contributed by atoms with E-state index in [-0.39, 0.29) is 48.2 Å². The van der Waals surface area contributed by atoms with E-state index < -0.39 is 84.6 Å². The lowest BCUT2D eigenvalue weighted by atomic mass is 9.87. The first-order valence-corrected chi connectivity index (χ1v) is 27.7. The summed E-state index contributed by atoms with van der Waals surface area (Å²) in [5.74, 6) is -1.16. The molecule has 7 N–H and O–H groups in total. The van der Waals surface area contributed by atoms with Crippen LogP contribution in [0.25, 0.3) is 11.2 Å². The number of unbranched alkanes of at least 4 members (excludes halogenated alkanes) is 11. The largest absolute Gasteiger partial charge is 0.790 e. The number of fused-ring (bicyclic) bond motifs is 1. The number of phosphoric acid groups is 3. The van der Waals surface area contributed by atoms with Crippen LogP contribution in [0.5, 0.6) is 0 Å². The average molecular weight is 1040 g/mol. The number of anilines is 1. The highest BCUT2D eigenvalue weighted by molar-refractivity contribution is 8.13. The smallest absolute Gasteiger partial charge is 0.274 e. The summed E-state index contributed by atoms with van der Waals surface area (Å²) in [6.45, 7) is 0.417. The number of nitrogens with one attached hydrogen (secondary N) is 2. The first-order valence-electron chi connectivity index (χ1n) is 22.3. The predicted molar refractivity (Wildman–Crippen MR) is 239 cm³/mol. The molecule has 2 aromatic rings. The summed E-state index contributed by atoms with van der Waals surface area (Å²) in [6, 6.07) is 0. The molecule has 29 heteroatoms. The summed E-state index contributed by atoms with van der Waals surface area (Å²) < 4.78 is 60.8. The second-order valence-electron chi connectivity index (χ2n) is 16.6. The van der Waals surface area contributed by atoms with E-state index in [1.165, 1.54) is 39.5 Å². The Kier molecular flexibility index (Phi) is 25.9. The maximum absolute atomic E-state index is 12.6. The van der Waals surface area contributed by atoms with Crippen LogP contribution in [0.4, 0.5) is 5.82 Å². The Bertz CT molecular complexity index is 2060. The number of ether oxygens (including phenoxy) is 1. The lowest BCUT2D eigenvalue weighted by molar-refractivity contribution is -0.347. The Morgan fingerprint density at radius 1 is 0.897 bits per heavy atom. The van der Waals surface area contributed by atoms with Crippen LogP contribution >= 0.6 is 35.2 Å². The van der Waals surface area contributed by atoms with Gasteiger partial charge in [0.25, 0.3) is 15.6 Å². The van der Waals surface area contributed by atoms with E-state index in [0.717, 1.165) is 86.8 Å². The third kappa shape index (κ3) is 22.1. The van der Waals surface area contributed by atoms with Gasteiger partial charge in [0.05, 0.1) is 27.4 Å². The van der Waals surface area contributed by atoms with Gasteiger partial charge in [-0.25, -0.2) is 19.3 Å². The number of imidazole rings is 1. The topological polar surface area (TPSA) is 395 Å². The van der Waals surface area contributed by atoms with Gasteiger partial charge in [-0.05, 0) is 38.5 Å². The highest BCUT2D eigenvalue weighted by Crippen LogP contribution is 2.56. The number of hydrogen-bond donors (Lipinski definition) is 6. The molecule has 1 aliphatic heterocycles. The minimum atomic E-state index is -5.92. The summed E-state index contributed by atoms with van der Waals surface area (Å²) in [5, 5.41) is 35.2. The predicted octanol–water partition coefficient (Wildman–Crippen LogP) is 1.15. The number of allylic oxidation sites excluding steroid dienone is 2. The normalized spacial score (nSPS) is 20.1. The number of phosphoric ester groups is 3. The van der Waals surface area contributed by atoms with E-state index in [4.69, 9.17) is 15.6 Å². The Hall–Kier alpha value is -2.74. The lowest BCUT2D eigenvalue weighted by Gasteiger charge is -2.36. The van der Waals surface area contributed by atoms with Crippen LogP contribution in [-0.4, -0.2) is 115 Å². The molecule has 3 heterocycles. The van der Waals surface area contributed by atoms with Crippen molar-refractivity contribution in [3.05, 3.63) is 24.8 Å². The number of nitrogen functional groups attached to an aromatic ring is 1. The van der Waals surface area contributed by atoms with Crippen molar-refractivity contribution in [3.63, 3.8) is 0 Å². The Balaban J connectivity index is 1.29. The molecular formula is C39H64N7O18P3S-4. The summed E-state index contributed by atoms with van der Waals surface area (Å²) in [5.41, 5.74) is 4.08. The van der Waals surface area contributed by atoms with Crippen LogP contribution in [0.3, 0.4) is 0 Å². The minimum absolute atomic E-state index is 0.0210. The molecule has 1 saturated heterocycles. The number of rotatable bonds is 35. The molecule has 68 heavy (non-hydrogen) atoms. The number of nitrogens with zero attached hydrogens (tertiary/aromatic N) is 4. The number of aliphatic hydroxyl groups is 3. The van der Waals surface area contributed by atoms with E-state index in [9.17, 15) is 57.9 Å². The average Bonchev–Trinajstić information content (AvgIpc) is 3.83. The fourth-order valence-electron chi connectivity index (χ4n) is 6.72. The second-order valence-corrected chi connectivity index (χ2v) is 21.8. The molecule has 1 aliphatic rings. The molecule has 0 aliphatic carbocycles. The Morgan fingerprint density at radius 3 is 2.16 bits per heavy atom. The zero-order valence-corrected chi connectivity index (χ0v) is 41.6. The van der Waals surface area contributed by atoms with Crippen LogP contribution in [0.15, 0.2) is 24.8 Å². The molecule has 0 spiro atoms. The zero-order valence-electron chi connectivity index (χ0n) is 38.1. The van der Waals surface area contributed by atoms with Gasteiger partial charge >= 0.3 is 0 Å². The standard InChI is InChI=1S/C39H68N7O18P3S/c1-39(2,34(51)37(52)42-20-19-29(48)41-21-23-68-30(49)18-16-14-12-10-8-6-4-3-5-7-9-11-13-15-17-22-47)25-61-67(58,59)64-66(56,57)60-24-28-33(63-65(53,54)55)32(50)38(62-28)46-27-45-31-35(40)43-26-44-36(31)46/h3-4,26-28,32-34,38,47,50-51H,5-25H2,1-2H3,(H,41,48)(H,42,52)(H,56,57)(H,58,59)(H2,40,43,44)(H2,53,54,55)/p-4/b4-3-/t28-,32-,33-,34+,38-/m1/s1. The molecule has 25 nitrogen and oxygen atoms in total. The highest BCUT2D eigenvalue weighted by atomic mass is 32.2. The van der Waals surface area contributed by atoms with E-state index in [0.29, 0.717) is 12.2 Å². The fourth-order valence-corrected chi connectivity index (χ4v) is 10.2. The number of aliphatic hydroxyl groups excluding tert-OH is 3. The molecule has 388 valence electrons. The fraction of sp³-hybridized carbons (Fsp3) is 0.744. The molecule has 2 amide bonds. The lowest BCUT2D eigenvalue weighted by Crippen LogP contribution is -2.46. The van der Waals surface area contributed by atoms with Gasteiger partial charge < -0.3 is 74.1 Å². The third-order valence-electron chi connectivity index (χ3n) is 10.4. The van der Waals surface area contributed by atoms with Gasteiger partial charge in [-0.1, -0.05) is 82.7 Å². The Labute approximate surface area is 399 Å². The molecule has 2 unspecified atom stereocenters. The molecule has 1 fully saturated rings. The van der Waals surface area contributed by atoms with Crippen molar-refractivity contribution in [1.82, 2.24) is 30.2 Å². The van der Waals surface area contributed by atoms with Crippen molar-refractivity contribution in [2.45, 2.75) is 141 Å². The third-order valence-corrected chi connectivity index (χ3v) is 14.4. The SMILES string of the molecule is CC(C)(COP(=O)([O-])OP(=O)([O-])OC[C@H]1O[C@@H](n2cnc3c(N)ncnc32)[C@H](O)[C@@H]1OP(=O)([O-])[O-])[C@@H](O)C(=O)NCCC(=O)NCCSC(=O)CCCCCCC/C=C\CCCCCCCCO. The quantitative estimate of drug-likeness (QED) is 0.0320. The van der Waals surface area contributed by atoms with E-state index in [1.54, 1.807) is 0 Å². The van der Waals surface area contributed by atoms with Crippen LogP contribution in [0.2, 0.25) is 0 Å². The summed E-state index contributed by atoms with van der Waals surface area (Å²) in [4.78, 5) is 96.8. The van der Waals surface area contributed by atoms with E-state index in [1.807, 2.05) is 0 Å². The first kappa shape index (κ1) is 59.6. The highest BCUT2D eigenvalue weighted by Gasteiger charge is 2.47. The number of nitrogens with two attached hydrogens (primary N) is 1. The van der Waals surface area contributed by atoms with Gasteiger partial charge in [0.15, 0.2) is 22.8 Å². The number of carbonyl (C=O) groups excluding carboxylic acids is 3. The van der Waals surface area contributed by atoms with Crippen LogP contribution in [0, 0.1) is 5.41 Å². The summed E-state index contributed by atoms with van der Waals surface area (Å²) in [7, 11) is -17.6. The first-order chi connectivity index (χ1) is 32.1. The monoisotopic (exact) mass is 1040 g/mol. The second kappa shape index (κ2) is 29.6. The van der Waals surface area contributed by atoms with Gasteiger partial charge in [0, 0.05) is 43.7 Å². The maximum Gasteiger partial charge on any atom is 0.274 e. The molecule has 3 rings (SSSR count). The van der Waals surface area contributed by atoms with Crippen LogP contribution in [-0.2, 0) is 50.7 Å². The molecule has 7 atom stereocenters. The number of thioether (sulfide) groups is 1. The minimum Gasteiger partial charge on any atom is -0.790 e. The van der Waals surface area contributed by atoms with Gasteiger partial charge in [-0.15, -0.1) is 0 Å². The number of amides is 2. The molecule has 0 saturated carbocycles. The molecule has 0 bridgehead atoms. The van der Waals surface area contributed by atoms with Crippen molar-refractivity contribution in [1.29, 1.82) is 0 Å². The van der Waals surface area contributed by atoms with Crippen molar-refractivity contribution in [2.75, 3.05) is 44.4 Å². The summed E-state index contributed by atoms with van der Waals surface area (Å²) >= 11 is 1.13. The molecular weight excluding hydrogens is 979 g/mol. The van der Waals surface area contributed by atoms with Crippen LogP contribution in [0.1, 0.15) is 116 Å². The van der Waals surface area contributed by atoms with Crippen LogP contribution < -0.4 is 35.9 Å². The van der Waals surface area contributed by atoms with Crippen molar-refractivity contribution in [3.8, 4) is 0 Å². The van der Waals surface area contributed by atoms with Crippen molar-refractivity contribution < 1.29 is 85.6 Å². The number of carbonyl (C=O) groups is 3. The van der Waals surface area contributed by atoms with E-state index in [2.05, 4.69) is 55.6 Å². The van der Waals surface area contributed by atoms with E-state index >= 15 is 0 Å². The van der Waals surface area contributed by atoms with Gasteiger partial charge in [0.2, 0.25) is 11.8 Å². The maximum atomic E-state index is 12.6. The van der Waals surface area contributed by atoms with Gasteiger partial charge in [0.1, 0.15) is 36.3 Å². The van der Waals surface area contributed by atoms with Gasteiger partial charge in [-0.2, -0.15) is 0 Å². The van der Waals surface area contributed by atoms with Gasteiger partial charge in [-0.3, -0.25) is 28.1 Å². The number of aromatic nitrogens is 4. The summed E-state index contributed by atoms with van der Waals surface area (Å²) in [6.07, 6.45) is 11.4. The zero-order chi connectivity index (χ0) is 50.4. The van der Waals surface area contributed by atoms with Crippen molar-refractivity contribution in [2.24, 2.45) is 5.41 Å². The number of hydrogen-bond acceptors (Lipinski definition) is 23. The molecule has 0 radical (unpaired) electrons. The molecule has 2 aromatic heterocycles. The molecule has 0 aromatic carbocycles.